The first-order chi connectivity index (χ1) is 16.9. The maximum Gasteiger partial charge on any atom is 0.252 e. The number of amides is 1. The molecule has 2 aromatic rings. The summed E-state index contributed by atoms with van der Waals surface area (Å²) in [6.07, 6.45) is 7.91. The fourth-order valence-corrected chi connectivity index (χ4v) is 4.16. The number of hydrogen-bond donors (Lipinski definition) is 1. The second kappa shape index (κ2) is 11.4. The molecule has 2 aromatic heterocycles. The van der Waals surface area contributed by atoms with E-state index in [2.05, 4.69) is 31.8 Å². The van der Waals surface area contributed by atoms with Crippen LogP contribution >= 0.6 is 0 Å². The van der Waals surface area contributed by atoms with E-state index in [1.807, 2.05) is 19.9 Å². The number of piperazine rings is 1. The number of aliphatic imine (C=N–C) groups is 1. The highest BCUT2D eigenvalue weighted by atomic mass is 16.5. The van der Waals surface area contributed by atoms with Gasteiger partial charge in [-0.25, -0.2) is 4.98 Å². The van der Waals surface area contributed by atoms with E-state index in [4.69, 9.17) is 4.74 Å². The number of fused-ring (bicyclic) bond motifs is 1. The lowest BCUT2D eigenvalue weighted by atomic mass is 10.2. The van der Waals surface area contributed by atoms with Gasteiger partial charge in [0, 0.05) is 69.7 Å². The summed E-state index contributed by atoms with van der Waals surface area (Å²) in [7, 11) is 0. The summed E-state index contributed by atoms with van der Waals surface area (Å²) in [5.41, 5.74) is 1.32. The topological polar surface area (TPSA) is 105 Å². The molecule has 4 rings (SSSR count). The van der Waals surface area contributed by atoms with Crippen molar-refractivity contribution in [2.75, 3.05) is 44.6 Å². The molecule has 1 unspecified atom stereocenters. The minimum absolute atomic E-state index is 0.0377. The highest BCUT2D eigenvalue weighted by molar-refractivity contribution is 5.87. The molecule has 186 valence electrons. The third-order valence-corrected chi connectivity index (χ3v) is 6.12. The Morgan fingerprint density at radius 3 is 2.80 bits per heavy atom. The Hall–Kier alpha value is -3.37. The van der Waals surface area contributed by atoms with E-state index in [-0.39, 0.29) is 23.6 Å². The Morgan fingerprint density at radius 1 is 1.26 bits per heavy atom. The van der Waals surface area contributed by atoms with Gasteiger partial charge in [-0.15, -0.1) is 0 Å². The number of nitrogens with zero attached hydrogens (tertiary/aromatic N) is 6. The van der Waals surface area contributed by atoms with Crippen molar-refractivity contribution in [1.29, 1.82) is 0 Å². The number of carbonyl (C=O) groups is 1. The molecule has 1 atom stereocenters. The number of pyridine rings is 1. The van der Waals surface area contributed by atoms with Gasteiger partial charge >= 0.3 is 0 Å². The first-order valence-electron chi connectivity index (χ1n) is 12.1. The largest absolute Gasteiger partial charge is 0.379 e. The van der Waals surface area contributed by atoms with Gasteiger partial charge in [-0.3, -0.25) is 24.0 Å². The van der Waals surface area contributed by atoms with Gasteiger partial charge in [0.05, 0.1) is 17.8 Å². The lowest BCUT2D eigenvalue weighted by molar-refractivity contribution is -0.127. The van der Waals surface area contributed by atoms with Crippen LogP contribution in [-0.4, -0.2) is 87.9 Å². The molecule has 10 heteroatoms. The Balaban J connectivity index is 1.41. The van der Waals surface area contributed by atoms with E-state index in [1.54, 1.807) is 34.0 Å². The van der Waals surface area contributed by atoms with Crippen LogP contribution in [0.4, 0.5) is 5.95 Å². The average molecular weight is 480 g/mol. The Labute approximate surface area is 205 Å². The van der Waals surface area contributed by atoms with Crippen molar-refractivity contribution in [3.63, 3.8) is 0 Å². The molecule has 4 heterocycles. The molecule has 35 heavy (non-hydrogen) atoms. The van der Waals surface area contributed by atoms with E-state index in [1.165, 1.54) is 6.08 Å². The zero-order chi connectivity index (χ0) is 24.8. The monoisotopic (exact) mass is 479 g/mol. The smallest absolute Gasteiger partial charge is 0.252 e. The zero-order valence-corrected chi connectivity index (χ0v) is 20.4. The number of hydrogen-bond acceptors (Lipinski definition) is 8. The number of rotatable bonds is 10. The molecule has 0 aromatic carbocycles. The molecule has 0 spiro atoms. The Kier molecular flexibility index (Phi) is 8.04. The van der Waals surface area contributed by atoms with Crippen molar-refractivity contribution in [2.24, 2.45) is 4.99 Å². The van der Waals surface area contributed by atoms with Crippen LogP contribution in [0.3, 0.4) is 0 Å². The summed E-state index contributed by atoms with van der Waals surface area (Å²) >= 11 is 0. The van der Waals surface area contributed by atoms with Crippen LogP contribution in [-0.2, 0) is 16.1 Å². The summed E-state index contributed by atoms with van der Waals surface area (Å²) in [4.78, 5) is 42.1. The normalized spacial score (nSPS) is 18.3. The van der Waals surface area contributed by atoms with E-state index >= 15 is 0 Å². The van der Waals surface area contributed by atoms with Crippen molar-refractivity contribution >= 4 is 29.1 Å². The summed E-state index contributed by atoms with van der Waals surface area (Å²) in [5, 5.41) is 4.01. The molecule has 1 N–H and O–H groups in total. The molecule has 0 radical (unpaired) electrons. The van der Waals surface area contributed by atoms with Crippen LogP contribution in [0.1, 0.15) is 20.3 Å². The minimum atomic E-state index is -0.102. The highest BCUT2D eigenvalue weighted by Crippen LogP contribution is 2.16. The van der Waals surface area contributed by atoms with Gasteiger partial charge in [-0.2, -0.15) is 4.98 Å². The summed E-state index contributed by atoms with van der Waals surface area (Å²) in [6.45, 7) is 12.3. The number of ether oxygens (including phenoxy) is 1. The van der Waals surface area contributed by atoms with Crippen LogP contribution < -0.4 is 10.9 Å². The lowest BCUT2D eigenvalue weighted by Crippen LogP contribution is -2.49. The molecule has 1 fully saturated rings. The average Bonchev–Trinajstić information content (AvgIpc) is 3.30. The first-order valence-corrected chi connectivity index (χ1v) is 12.1. The molecule has 0 bridgehead atoms. The van der Waals surface area contributed by atoms with Crippen LogP contribution in [0.5, 0.6) is 0 Å². The molecule has 2 aliphatic rings. The van der Waals surface area contributed by atoms with E-state index in [9.17, 15) is 9.59 Å². The van der Waals surface area contributed by atoms with Gasteiger partial charge in [-0.05, 0) is 38.5 Å². The molecular weight excluding hydrogens is 446 g/mol. The summed E-state index contributed by atoms with van der Waals surface area (Å²) < 4.78 is 7.30. The number of allylic oxidation sites excluding steroid dienone is 1. The quantitative estimate of drug-likeness (QED) is 0.517. The van der Waals surface area contributed by atoms with E-state index in [0.29, 0.717) is 44.4 Å². The Morgan fingerprint density at radius 2 is 2.06 bits per heavy atom. The van der Waals surface area contributed by atoms with Crippen LogP contribution in [0.15, 0.2) is 52.5 Å². The van der Waals surface area contributed by atoms with Crippen LogP contribution in [0, 0.1) is 0 Å². The van der Waals surface area contributed by atoms with Gasteiger partial charge in [0.15, 0.2) is 0 Å². The third-order valence-electron chi connectivity index (χ3n) is 6.12. The third kappa shape index (κ3) is 6.40. The molecule has 2 aliphatic heterocycles. The maximum absolute atomic E-state index is 12.7. The van der Waals surface area contributed by atoms with Crippen molar-refractivity contribution in [2.45, 2.75) is 39.0 Å². The molecule has 1 saturated heterocycles. The number of anilines is 1. The van der Waals surface area contributed by atoms with Crippen molar-refractivity contribution in [1.82, 2.24) is 24.3 Å². The van der Waals surface area contributed by atoms with Crippen LogP contribution in [0.2, 0.25) is 0 Å². The van der Waals surface area contributed by atoms with Gasteiger partial charge in [-0.1, -0.05) is 6.58 Å². The summed E-state index contributed by atoms with van der Waals surface area (Å²) in [6, 6.07) is 3.37. The van der Waals surface area contributed by atoms with Crippen molar-refractivity contribution in [3.8, 4) is 0 Å². The fourth-order valence-electron chi connectivity index (χ4n) is 4.16. The Bertz CT molecular complexity index is 1180. The minimum Gasteiger partial charge on any atom is -0.379 e. The first kappa shape index (κ1) is 24.7. The predicted molar refractivity (Wildman–Crippen MR) is 137 cm³/mol. The van der Waals surface area contributed by atoms with Gasteiger partial charge in [0.25, 0.3) is 5.56 Å². The number of nitrogens with one attached hydrogen (secondary N) is 1. The van der Waals surface area contributed by atoms with Gasteiger partial charge in [0.1, 0.15) is 5.65 Å². The van der Waals surface area contributed by atoms with Crippen molar-refractivity contribution in [3.05, 3.63) is 53.1 Å². The van der Waals surface area contributed by atoms with Gasteiger partial charge in [0.2, 0.25) is 11.9 Å². The highest BCUT2D eigenvalue weighted by Gasteiger charge is 2.19. The second-order valence-corrected chi connectivity index (χ2v) is 8.97. The molecule has 0 aliphatic carbocycles. The molecule has 1 amide bonds. The SMILES string of the molecule is C=CC(=O)N1CCN(CCn2c(=O)ccc3cnc(NC4=CC(CCOC(C)C)N=C4)nc32)CC1. The van der Waals surface area contributed by atoms with Crippen LogP contribution in [0.25, 0.3) is 11.0 Å². The van der Waals surface area contributed by atoms with E-state index in [0.717, 1.165) is 30.6 Å². The molecule has 0 saturated carbocycles. The molecule has 10 nitrogen and oxygen atoms in total. The maximum atomic E-state index is 12.7. The summed E-state index contributed by atoms with van der Waals surface area (Å²) in [5.74, 6) is 0.384. The lowest BCUT2D eigenvalue weighted by Gasteiger charge is -2.34. The fraction of sp³-hybridized carbons (Fsp3) is 0.480. The van der Waals surface area contributed by atoms with E-state index < -0.39 is 0 Å². The van der Waals surface area contributed by atoms with Gasteiger partial charge < -0.3 is 15.0 Å². The number of aromatic nitrogens is 3. The standard InChI is InChI=1S/C25H33N7O3/c1-4-22(33)31-11-8-30(9-12-31)10-13-32-23(34)6-5-19-16-27-25(29-24(19)32)28-21-15-20(26-17-21)7-14-35-18(2)3/h4-6,15-18,20H,1,7-14H2,2-3H3,(H,27,28,29). The zero-order valence-electron chi connectivity index (χ0n) is 20.4. The second-order valence-electron chi connectivity index (χ2n) is 8.97. The number of carbonyl (C=O) groups excluding carboxylic acids is 1. The molecular formula is C25H33N7O3. The van der Waals surface area contributed by atoms with Crippen molar-refractivity contribution < 1.29 is 9.53 Å². The predicted octanol–water partition coefficient (Wildman–Crippen LogP) is 1.69.